The summed E-state index contributed by atoms with van der Waals surface area (Å²) in [5, 5.41) is 2.86. The van der Waals surface area contributed by atoms with Crippen LogP contribution in [0.15, 0.2) is 54.6 Å². The Hall–Kier alpha value is -2.04. The zero-order chi connectivity index (χ0) is 16.9. The molecule has 0 bridgehead atoms. The van der Waals surface area contributed by atoms with Crippen LogP contribution >= 0.6 is 12.4 Å². The zero-order valence-corrected chi connectivity index (χ0v) is 15.1. The molecule has 2 aromatic carbocycles. The van der Waals surface area contributed by atoms with E-state index in [1.54, 1.807) is 0 Å². The van der Waals surface area contributed by atoms with Gasteiger partial charge in [0.1, 0.15) is 11.4 Å². The Labute approximate surface area is 149 Å². The molecule has 0 aliphatic heterocycles. The molecule has 1 amide bonds. The fraction of sp³-hybridized carbons (Fsp3) is 0.316. The number of carbonyl (C=O) groups excluding carboxylic acids is 1. The van der Waals surface area contributed by atoms with Crippen molar-refractivity contribution >= 4 is 24.0 Å². The number of anilines is 1. The predicted molar refractivity (Wildman–Crippen MR) is 101 cm³/mol. The average molecular weight is 349 g/mol. The van der Waals surface area contributed by atoms with Crippen molar-refractivity contribution in [1.29, 1.82) is 0 Å². The van der Waals surface area contributed by atoms with Crippen LogP contribution in [0.5, 0.6) is 5.75 Å². The summed E-state index contributed by atoms with van der Waals surface area (Å²) in [6.45, 7) is 5.98. The van der Waals surface area contributed by atoms with Crippen LogP contribution in [0.3, 0.4) is 0 Å². The van der Waals surface area contributed by atoms with E-state index in [0.29, 0.717) is 0 Å². The number of nitrogens with two attached hydrogens (primary N) is 1. The molecule has 130 valence electrons. The van der Waals surface area contributed by atoms with Crippen molar-refractivity contribution in [2.24, 2.45) is 5.73 Å². The lowest BCUT2D eigenvalue weighted by Gasteiger charge is -2.21. The third kappa shape index (κ3) is 6.60. The van der Waals surface area contributed by atoms with Crippen molar-refractivity contribution in [3.63, 3.8) is 0 Å². The predicted octanol–water partition coefficient (Wildman–Crippen LogP) is 4.31. The Balaban J connectivity index is 0.00000288. The molecule has 0 saturated heterocycles. The smallest absolute Gasteiger partial charge is 0.226 e. The van der Waals surface area contributed by atoms with E-state index in [4.69, 9.17) is 10.5 Å². The van der Waals surface area contributed by atoms with Crippen LogP contribution in [0.2, 0.25) is 0 Å². The van der Waals surface area contributed by atoms with Crippen molar-refractivity contribution in [3.8, 4) is 5.75 Å². The van der Waals surface area contributed by atoms with Crippen molar-refractivity contribution in [1.82, 2.24) is 0 Å². The highest BCUT2D eigenvalue weighted by atomic mass is 35.5. The molecular formula is C19H25ClN2O2. The number of amides is 1. The van der Waals surface area contributed by atoms with Gasteiger partial charge in [-0.3, -0.25) is 4.79 Å². The first-order valence-corrected chi connectivity index (χ1v) is 7.73. The van der Waals surface area contributed by atoms with E-state index in [2.05, 4.69) is 5.32 Å². The average Bonchev–Trinajstić information content (AvgIpc) is 2.48. The largest absolute Gasteiger partial charge is 0.488 e. The molecule has 5 heteroatoms. The zero-order valence-electron chi connectivity index (χ0n) is 14.3. The van der Waals surface area contributed by atoms with Crippen LogP contribution in [0.1, 0.15) is 38.8 Å². The van der Waals surface area contributed by atoms with Crippen LogP contribution < -0.4 is 15.8 Å². The highest BCUT2D eigenvalue weighted by Gasteiger charge is 2.13. The molecule has 4 nitrogen and oxygen atoms in total. The standard InChI is InChI=1S/C19H24N2O2.ClH/c1-19(2,3)23-16-11-9-15(10-12-16)21-18(22)13-17(20)14-7-5-4-6-8-14;/h4-12,17H,13,20H2,1-3H3,(H,21,22);1H. The lowest BCUT2D eigenvalue weighted by atomic mass is 10.0. The molecule has 0 spiro atoms. The van der Waals surface area contributed by atoms with E-state index in [0.717, 1.165) is 17.0 Å². The second-order valence-corrected chi connectivity index (χ2v) is 6.51. The van der Waals surface area contributed by atoms with Gasteiger partial charge in [0.05, 0.1) is 0 Å². The third-order valence-corrected chi connectivity index (χ3v) is 3.20. The van der Waals surface area contributed by atoms with Crippen molar-refractivity contribution in [3.05, 3.63) is 60.2 Å². The Kier molecular flexibility index (Phi) is 7.26. The first-order valence-electron chi connectivity index (χ1n) is 7.73. The quantitative estimate of drug-likeness (QED) is 0.846. The Morgan fingerprint density at radius 2 is 1.67 bits per heavy atom. The molecule has 0 aromatic heterocycles. The van der Waals surface area contributed by atoms with Gasteiger partial charge in [-0.15, -0.1) is 12.4 Å². The topological polar surface area (TPSA) is 64.3 Å². The van der Waals surface area contributed by atoms with Gasteiger partial charge in [0.25, 0.3) is 0 Å². The number of hydrogen-bond acceptors (Lipinski definition) is 3. The van der Waals surface area contributed by atoms with E-state index in [-0.39, 0.29) is 36.4 Å². The van der Waals surface area contributed by atoms with Crippen molar-refractivity contribution in [2.75, 3.05) is 5.32 Å². The van der Waals surface area contributed by atoms with Crippen LogP contribution in [0, 0.1) is 0 Å². The summed E-state index contributed by atoms with van der Waals surface area (Å²) in [6, 6.07) is 16.7. The lowest BCUT2D eigenvalue weighted by molar-refractivity contribution is -0.116. The SMILES string of the molecule is CC(C)(C)Oc1ccc(NC(=O)CC(N)c2ccccc2)cc1.Cl. The molecule has 1 atom stereocenters. The molecule has 24 heavy (non-hydrogen) atoms. The van der Waals surface area contributed by atoms with Crippen LogP contribution in [-0.4, -0.2) is 11.5 Å². The highest BCUT2D eigenvalue weighted by Crippen LogP contribution is 2.21. The molecule has 0 saturated carbocycles. The molecule has 0 fully saturated rings. The van der Waals surface area contributed by atoms with Gasteiger partial charge in [0, 0.05) is 18.2 Å². The number of halogens is 1. The minimum Gasteiger partial charge on any atom is -0.488 e. The molecule has 0 aliphatic rings. The van der Waals surface area contributed by atoms with E-state index >= 15 is 0 Å². The number of nitrogens with one attached hydrogen (secondary N) is 1. The molecule has 0 heterocycles. The maximum absolute atomic E-state index is 12.1. The van der Waals surface area contributed by atoms with Gasteiger partial charge in [-0.25, -0.2) is 0 Å². The van der Waals surface area contributed by atoms with E-state index in [1.165, 1.54) is 0 Å². The normalized spacial score (nSPS) is 12.0. The van der Waals surface area contributed by atoms with Gasteiger partial charge in [-0.05, 0) is 50.6 Å². The summed E-state index contributed by atoms with van der Waals surface area (Å²) in [6.07, 6.45) is 0.240. The molecular weight excluding hydrogens is 324 g/mol. The van der Waals surface area contributed by atoms with E-state index in [9.17, 15) is 4.79 Å². The second-order valence-electron chi connectivity index (χ2n) is 6.51. The number of ether oxygens (including phenoxy) is 1. The summed E-state index contributed by atoms with van der Waals surface area (Å²) in [4.78, 5) is 12.1. The number of hydrogen-bond donors (Lipinski definition) is 2. The van der Waals surface area contributed by atoms with Gasteiger partial charge in [-0.1, -0.05) is 30.3 Å². The van der Waals surface area contributed by atoms with Gasteiger partial charge in [-0.2, -0.15) is 0 Å². The van der Waals surface area contributed by atoms with Gasteiger partial charge in [0.15, 0.2) is 0 Å². The van der Waals surface area contributed by atoms with Crippen LogP contribution in [0.25, 0.3) is 0 Å². The molecule has 3 N–H and O–H groups in total. The molecule has 0 aliphatic carbocycles. The highest BCUT2D eigenvalue weighted by molar-refractivity contribution is 5.91. The summed E-state index contributed by atoms with van der Waals surface area (Å²) < 4.78 is 5.75. The Morgan fingerprint density at radius 1 is 1.08 bits per heavy atom. The lowest BCUT2D eigenvalue weighted by Crippen LogP contribution is -2.23. The molecule has 2 rings (SSSR count). The van der Waals surface area contributed by atoms with Gasteiger partial charge >= 0.3 is 0 Å². The van der Waals surface area contributed by atoms with Gasteiger partial charge in [0.2, 0.25) is 5.91 Å². The number of carbonyl (C=O) groups is 1. The molecule has 1 unspecified atom stereocenters. The minimum atomic E-state index is -0.306. The fourth-order valence-corrected chi connectivity index (χ4v) is 2.19. The van der Waals surface area contributed by atoms with Crippen LogP contribution in [-0.2, 0) is 4.79 Å². The first-order chi connectivity index (χ1) is 10.8. The number of rotatable bonds is 5. The van der Waals surface area contributed by atoms with Crippen molar-refractivity contribution < 1.29 is 9.53 Å². The van der Waals surface area contributed by atoms with E-state index < -0.39 is 0 Å². The fourth-order valence-electron chi connectivity index (χ4n) is 2.19. The summed E-state index contributed by atoms with van der Waals surface area (Å²) >= 11 is 0. The summed E-state index contributed by atoms with van der Waals surface area (Å²) in [7, 11) is 0. The number of benzene rings is 2. The first kappa shape index (κ1) is 20.0. The maximum Gasteiger partial charge on any atom is 0.226 e. The van der Waals surface area contributed by atoms with Gasteiger partial charge < -0.3 is 15.8 Å². The summed E-state index contributed by atoms with van der Waals surface area (Å²) in [5.74, 6) is 0.669. The van der Waals surface area contributed by atoms with Crippen LogP contribution in [0.4, 0.5) is 5.69 Å². The van der Waals surface area contributed by atoms with Crippen molar-refractivity contribution in [2.45, 2.75) is 38.8 Å². The minimum absolute atomic E-state index is 0. The Bertz CT molecular complexity index is 637. The molecule has 2 aromatic rings. The Morgan fingerprint density at radius 3 is 2.21 bits per heavy atom. The second kappa shape index (κ2) is 8.71. The summed E-state index contributed by atoms with van der Waals surface area (Å²) in [5.41, 5.74) is 7.51. The maximum atomic E-state index is 12.1. The van der Waals surface area contributed by atoms with E-state index in [1.807, 2.05) is 75.4 Å². The monoisotopic (exact) mass is 348 g/mol. The third-order valence-electron chi connectivity index (χ3n) is 3.20. The molecule has 0 radical (unpaired) electrons.